The molecule has 1 aliphatic heterocycles. The van der Waals surface area contributed by atoms with Crippen LogP contribution in [0.1, 0.15) is 15.3 Å². The standard InChI is InChI=1S/C15H18N4O5S.K.H/c1-3-17-13-12(14(20)18(4-2)15(17)21)16-9-19(13)10-6-5-7-11(8-10)25(22,23)24;;/h5-8,16H,3-4,9H2,1-2H3,(H,22,23,24);;/q;+1;-1. The first kappa shape index (κ1) is 21.3. The summed E-state index contributed by atoms with van der Waals surface area (Å²) < 4.78 is 34.6. The van der Waals surface area contributed by atoms with Gasteiger partial charge in [-0.05, 0) is 32.0 Å². The third kappa shape index (κ3) is 3.57. The molecule has 0 saturated carbocycles. The Kier molecular flexibility index (Phi) is 6.54. The molecule has 1 aliphatic rings. The van der Waals surface area contributed by atoms with Gasteiger partial charge in [0.05, 0.1) is 11.6 Å². The molecule has 0 unspecified atom stereocenters. The molecule has 0 amide bonds. The molecule has 0 atom stereocenters. The van der Waals surface area contributed by atoms with E-state index in [9.17, 15) is 22.6 Å². The van der Waals surface area contributed by atoms with Crippen molar-refractivity contribution in [1.29, 1.82) is 0 Å². The Hall–Kier alpha value is -0.954. The van der Waals surface area contributed by atoms with Crippen molar-refractivity contribution in [3.05, 3.63) is 45.1 Å². The SMILES string of the molecule is CCn1c2c(c(=O)n(CC)c1=O)NCN2c1cccc(S(=O)(=O)O)c1.[H-].[K+]. The van der Waals surface area contributed by atoms with Crippen molar-refractivity contribution < 1.29 is 65.8 Å². The molecular formula is C15H19KN4O5S. The zero-order chi connectivity index (χ0) is 18.4. The van der Waals surface area contributed by atoms with Crippen LogP contribution in [-0.4, -0.2) is 28.8 Å². The van der Waals surface area contributed by atoms with Crippen molar-refractivity contribution in [3.63, 3.8) is 0 Å². The fraction of sp³-hybridized carbons (Fsp3) is 0.333. The van der Waals surface area contributed by atoms with E-state index in [1.807, 2.05) is 0 Å². The van der Waals surface area contributed by atoms with Gasteiger partial charge < -0.3 is 11.6 Å². The maximum absolute atomic E-state index is 12.6. The molecule has 1 aromatic heterocycles. The van der Waals surface area contributed by atoms with E-state index in [4.69, 9.17) is 0 Å². The summed E-state index contributed by atoms with van der Waals surface area (Å²) in [6, 6.07) is 5.69. The predicted octanol–water partition coefficient (Wildman–Crippen LogP) is -2.07. The third-order valence-corrected chi connectivity index (χ3v) is 4.98. The Balaban J connectivity index is 0.00000182. The molecule has 0 bridgehead atoms. The van der Waals surface area contributed by atoms with Gasteiger partial charge in [0.1, 0.15) is 11.5 Å². The third-order valence-electron chi connectivity index (χ3n) is 4.13. The van der Waals surface area contributed by atoms with Crippen molar-refractivity contribution in [2.24, 2.45) is 0 Å². The zero-order valence-corrected chi connectivity index (χ0v) is 18.7. The molecule has 0 spiro atoms. The van der Waals surface area contributed by atoms with Crippen LogP contribution in [-0.2, 0) is 23.2 Å². The number of nitrogens with one attached hydrogen (secondary N) is 1. The van der Waals surface area contributed by atoms with Crippen LogP contribution in [0.5, 0.6) is 0 Å². The predicted molar refractivity (Wildman–Crippen MR) is 94.3 cm³/mol. The fourth-order valence-corrected chi connectivity index (χ4v) is 3.47. The Morgan fingerprint density at radius 3 is 2.42 bits per heavy atom. The second kappa shape index (κ2) is 7.96. The minimum Gasteiger partial charge on any atom is -1.00 e. The topological polar surface area (TPSA) is 114 Å². The fourth-order valence-electron chi connectivity index (χ4n) is 2.95. The summed E-state index contributed by atoms with van der Waals surface area (Å²) in [5.41, 5.74) is -0.105. The summed E-state index contributed by atoms with van der Waals surface area (Å²) in [5.74, 6) is 0.384. The molecule has 0 saturated heterocycles. The van der Waals surface area contributed by atoms with Crippen LogP contribution < -0.4 is 72.9 Å². The molecule has 3 rings (SSSR count). The molecule has 9 nitrogen and oxygen atoms in total. The minimum absolute atomic E-state index is 0. The van der Waals surface area contributed by atoms with Crippen molar-refractivity contribution in [2.75, 3.05) is 16.9 Å². The molecule has 0 radical (unpaired) electrons. The first-order chi connectivity index (χ1) is 11.8. The van der Waals surface area contributed by atoms with Crippen molar-refractivity contribution in [2.45, 2.75) is 31.8 Å². The Bertz CT molecular complexity index is 1070. The van der Waals surface area contributed by atoms with Crippen LogP contribution in [0.25, 0.3) is 0 Å². The molecule has 2 heterocycles. The minimum atomic E-state index is -4.36. The van der Waals surface area contributed by atoms with E-state index >= 15 is 0 Å². The zero-order valence-electron chi connectivity index (χ0n) is 15.8. The number of nitrogens with zero attached hydrogens (tertiary/aromatic N) is 3. The molecule has 1 aromatic carbocycles. The number of fused-ring (bicyclic) bond motifs is 1. The smallest absolute Gasteiger partial charge is 1.00 e. The number of anilines is 3. The van der Waals surface area contributed by atoms with Gasteiger partial charge in [0.15, 0.2) is 0 Å². The van der Waals surface area contributed by atoms with Gasteiger partial charge in [-0.2, -0.15) is 8.42 Å². The summed E-state index contributed by atoms with van der Waals surface area (Å²) >= 11 is 0. The summed E-state index contributed by atoms with van der Waals surface area (Å²) in [7, 11) is -4.36. The number of hydrogen-bond donors (Lipinski definition) is 2. The van der Waals surface area contributed by atoms with Crippen LogP contribution >= 0.6 is 0 Å². The van der Waals surface area contributed by atoms with E-state index in [-0.39, 0.29) is 70.9 Å². The molecule has 26 heavy (non-hydrogen) atoms. The molecule has 2 aromatic rings. The van der Waals surface area contributed by atoms with E-state index in [0.717, 1.165) is 4.57 Å². The van der Waals surface area contributed by atoms with Gasteiger partial charge >= 0.3 is 57.1 Å². The van der Waals surface area contributed by atoms with Crippen molar-refractivity contribution in [1.82, 2.24) is 9.13 Å². The van der Waals surface area contributed by atoms with Gasteiger partial charge in [0.2, 0.25) is 0 Å². The summed E-state index contributed by atoms with van der Waals surface area (Å²) in [6.45, 7) is 4.31. The Morgan fingerprint density at radius 1 is 1.19 bits per heavy atom. The number of benzene rings is 1. The second-order valence-electron chi connectivity index (χ2n) is 5.51. The number of hydrogen-bond acceptors (Lipinski definition) is 6. The van der Waals surface area contributed by atoms with E-state index in [2.05, 4.69) is 5.32 Å². The molecule has 0 fully saturated rings. The van der Waals surface area contributed by atoms with Crippen LogP contribution in [0, 0.1) is 0 Å². The average Bonchev–Trinajstić information content (AvgIpc) is 3.00. The van der Waals surface area contributed by atoms with Crippen LogP contribution in [0.3, 0.4) is 0 Å². The van der Waals surface area contributed by atoms with Gasteiger partial charge in [-0.15, -0.1) is 0 Å². The average molecular weight is 407 g/mol. The van der Waals surface area contributed by atoms with E-state index < -0.39 is 21.4 Å². The van der Waals surface area contributed by atoms with Crippen molar-refractivity contribution in [3.8, 4) is 0 Å². The summed E-state index contributed by atoms with van der Waals surface area (Å²) in [6.07, 6.45) is 0. The van der Waals surface area contributed by atoms with Gasteiger partial charge in [-0.25, -0.2) is 4.79 Å². The van der Waals surface area contributed by atoms with Crippen LogP contribution in [0.4, 0.5) is 17.2 Å². The molecule has 2 N–H and O–H groups in total. The first-order valence-corrected chi connectivity index (χ1v) is 9.20. The van der Waals surface area contributed by atoms with Gasteiger partial charge in [-0.1, -0.05) is 6.07 Å². The van der Waals surface area contributed by atoms with Gasteiger partial charge in [-0.3, -0.25) is 18.5 Å². The van der Waals surface area contributed by atoms with Crippen LogP contribution in [0.15, 0.2) is 38.8 Å². The monoisotopic (exact) mass is 406 g/mol. The molecular weight excluding hydrogens is 387 g/mol. The van der Waals surface area contributed by atoms with E-state index in [1.54, 1.807) is 24.8 Å². The summed E-state index contributed by atoms with van der Waals surface area (Å²) in [5, 5.41) is 2.97. The quantitative estimate of drug-likeness (QED) is 0.443. The van der Waals surface area contributed by atoms with E-state index in [1.165, 1.54) is 22.8 Å². The Morgan fingerprint density at radius 2 is 1.85 bits per heavy atom. The van der Waals surface area contributed by atoms with E-state index in [0.29, 0.717) is 23.7 Å². The molecule has 136 valence electrons. The number of aromatic nitrogens is 2. The number of rotatable bonds is 4. The largest absolute Gasteiger partial charge is 1.00 e. The van der Waals surface area contributed by atoms with Gasteiger partial charge in [0, 0.05) is 18.8 Å². The van der Waals surface area contributed by atoms with Gasteiger partial charge in [0.25, 0.3) is 15.7 Å². The van der Waals surface area contributed by atoms with Crippen molar-refractivity contribution >= 4 is 27.3 Å². The molecule has 11 heteroatoms. The second-order valence-corrected chi connectivity index (χ2v) is 6.93. The maximum Gasteiger partial charge on any atom is 1.00 e. The normalized spacial score (nSPS) is 13.1. The summed E-state index contributed by atoms with van der Waals surface area (Å²) in [4.78, 5) is 26.4. The maximum atomic E-state index is 12.6. The first-order valence-electron chi connectivity index (χ1n) is 7.76. The molecule has 0 aliphatic carbocycles. The van der Waals surface area contributed by atoms with Crippen LogP contribution in [0.2, 0.25) is 0 Å². The Labute approximate surface area is 194 Å².